The molecule has 0 bridgehead atoms. The molecular weight excluding hydrogens is 344 g/mol. The number of nitrogens with zero attached hydrogens (tertiary/aromatic N) is 2. The number of aliphatic carboxylic acids is 1. The van der Waals surface area contributed by atoms with Gasteiger partial charge in [-0.25, -0.2) is 4.98 Å². The molecule has 0 aliphatic carbocycles. The number of carbonyl (C=O) groups is 2. The Kier molecular flexibility index (Phi) is 7.05. The number of amides is 1. The highest BCUT2D eigenvalue weighted by Crippen LogP contribution is 2.26. The maximum Gasteiger partial charge on any atom is 0.303 e. The van der Waals surface area contributed by atoms with Crippen LogP contribution in [0.15, 0.2) is 12.3 Å². The fraction of sp³-hybridized carbons (Fsp3) is 0.611. The van der Waals surface area contributed by atoms with Crippen LogP contribution in [0, 0.1) is 5.92 Å². The first kappa shape index (κ1) is 19.5. The van der Waals surface area contributed by atoms with Gasteiger partial charge in [-0.1, -0.05) is 25.4 Å². The predicted octanol–water partition coefficient (Wildman–Crippen LogP) is 3.63. The summed E-state index contributed by atoms with van der Waals surface area (Å²) < 4.78 is 5.53. The second-order valence-corrected chi connectivity index (χ2v) is 7.20. The molecule has 1 aromatic heterocycles. The number of aromatic nitrogens is 1. The molecule has 138 valence electrons. The molecule has 1 amide bonds. The lowest BCUT2D eigenvalue weighted by molar-refractivity contribution is -0.137. The molecule has 0 spiro atoms. The molecule has 2 heterocycles. The summed E-state index contributed by atoms with van der Waals surface area (Å²) >= 11 is 6.20. The van der Waals surface area contributed by atoms with Crippen molar-refractivity contribution in [1.82, 2.24) is 9.88 Å². The molecule has 0 aromatic carbocycles. The van der Waals surface area contributed by atoms with Crippen LogP contribution in [0.25, 0.3) is 0 Å². The Hall–Kier alpha value is -1.82. The summed E-state index contributed by atoms with van der Waals surface area (Å²) in [5.74, 6) is -0.315. The zero-order valence-electron chi connectivity index (χ0n) is 14.7. The van der Waals surface area contributed by atoms with Crippen LogP contribution in [0.1, 0.15) is 56.3 Å². The number of rotatable bonds is 7. The van der Waals surface area contributed by atoms with Crippen LogP contribution in [0.2, 0.25) is 5.02 Å². The molecule has 2 rings (SSSR count). The van der Waals surface area contributed by atoms with Crippen LogP contribution < -0.4 is 4.74 Å². The zero-order valence-corrected chi connectivity index (χ0v) is 15.5. The summed E-state index contributed by atoms with van der Waals surface area (Å²) in [4.78, 5) is 29.6. The van der Waals surface area contributed by atoms with Crippen LogP contribution in [-0.4, -0.2) is 46.1 Å². The molecule has 1 aliphatic heterocycles. The Morgan fingerprint density at radius 3 is 2.84 bits per heavy atom. The lowest BCUT2D eigenvalue weighted by Gasteiger charge is -2.35. The lowest BCUT2D eigenvalue weighted by atomic mass is 9.97. The second-order valence-electron chi connectivity index (χ2n) is 6.80. The van der Waals surface area contributed by atoms with Crippen molar-refractivity contribution in [1.29, 1.82) is 0 Å². The van der Waals surface area contributed by atoms with Crippen LogP contribution in [0.5, 0.6) is 5.88 Å². The van der Waals surface area contributed by atoms with Crippen LogP contribution in [0.3, 0.4) is 0 Å². The molecule has 1 aliphatic rings. The van der Waals surface area contributed by atoms with Crippen molar-refractivity contribution in [3.05, 3.63) is 22.8 Å². The summed E-state index contributed by atoms with van der Waals surface area (Å²) in [6.07, 6.45) is 4.77. The molecule has 1 saturated heterocycles. The monoisotopic (exact) mass is 368 g/mol. The van der Waals surface area contributed by atoms with Gasteiger partial charge >= 0.3 is 5.97 Å². The first-order valence-corrected chi connectivity index (χ1v) is 9.07. The Bertz CT molecular complexity index is 621. The van der Waals surface area contributed by atoms with Crippen molar-refractivity contribution in [3.63, 3.8) is 0 Å². The van der Waals surface area contributed by atoms with Crippen LogP contribution in [0.4, 0.5) is 0 Å². The quantitative estimate of drug-likeness (QED) is 0.794. The Morgan fingerprint density at radius 1 is 1.44 bits per heavy atom. The van der Waals surface area contributed by atoms with E-state index in [1.165, 1.54) is 6.20 Å². The topological polar surface area (TPSA) is 79.7 Å². The van der Waals surface area contributed by atoms with E-state index in [1.54, 1.807) is 11.0 Å². The van der Waals surface area contributed by atoms with E-state index in [-0.39, 0.29) is 18.4 Å². The third kappa shape index (κ3) is 5.59. The summed E-state index contributed by atoms with van der Waals surface area (Å²) in [6, 6.07) is 1.53. The van der Waals surface area contributed by atoms with E-state index in [9.17, 15) is 9.59 Å². The number of carboxylic acids is 1. The third-order valence-electron chi connectivity index (χ3n) is 4.19. The number of pyridine rings is 1. The Labute approximate surface area is 153 Å². The largest absolute Gasteiger partial charge is 0.481 e. The molecule has 1 aromatic rings. The number of hydrogen-bond donors (Lipinski definition) is 1. The van der Waals surface area contributed by atoms with E-state index in [0.717, 1.165) is 19.3 Å². The first-order chi connectivity index (χ1) is 11.9. The SMILES string of the molecule is CC(C)COc1ncc(C(=O)N2CCCCC2CCC(=O)O)cc1Cl. The van der Waals surface area contributed by atoms with Gasteiger partial charge in [-0.05, 0) is 37.7 Å². The maximum absolute atomic E-state index is 12.8. The van der Waals surface area contributed by atoms with E-state index < -0.39 is 5.97 Å². The van der Waals surface area contributed by atoms with Crippen LogP contribution >= 0.6 is 11.6 Å². The van der Waals surface area contributed by atoms with Crippen molar-refractivity contribution < 1.29 is 19.4 Å². The molecule has 1 fully saturated rings. The number of piperidine rings is 1. The maximum atomic E-state index is 12.8. The average Bonchev–Trinajstić information content (AvgIpc) is 2.58. The minimum atomic E-state index is -0.839. The molecule has 1 N–H and O–H groups in total. The van der Waals surface area contributed by atoms with E-state index in [1.807, 2.05) is 13.8 Å². The molecule has 1 unspecified atom stereocenters. The van der Waals surface area contributed by atoms with E-state index >= 15 is 0 Å². The minimum absolute atomic E-state index is 0.0482. The van der Waals surface area contributed by atoms with Crippen molar-refractivity contribution >= 4 is 23.5 Å². The van der Waals surface area contributed by atoms with Crippen molar-refractivity contribution in [3.8, 4) is 5.88 Å². The zero-order chi connectivity index (χ0) is 18.4. The summed E-state index contributed by atoms with van der Waals surface area (Å²) in [6.45, 7) is 5.19. The van der Waals surface area contributed by atoms with E-state index in [2.05, 4.69) is 4.98 Å². The number of likely N-dealkylation sites (tertiary alicyclic amines) is 1. The van der Waals surface area contributed by atoms with Gasteiger partial charge < -0.3 is 14.7 Å². The summed E-state index contributed by atoms with van der Waals surface area (Å²) in [5.41, 5.74) is 0.407. The number of hydrogen-bond acceptors (Lipinski definition) is 4. The highest BCUT2D eigenvalue weighted by molar-refractivity contribution is 6.32. The van der Waals surface area contributed by atoms with E-state index in [0.29, 0.717) is 42.0 Å². The average molecular weight is 369 g/mol. The van der Waals surface area contributed by atoms with Crippen LogP contribution in [-0.2, 0) is 4.79 Å². The molecular formula is C18H25ClN2O4. The third-order valence-corrected chi connectivity index (χ3v) is 4.46. The molecule has 0 radical (unpaired) electrons. The van der Waals surface area contributed by atoms with Gasteiger partial charge in [0, 0.05) is 25.2 Å². The fourth-order valence-electron chi connectivity index (χ4n) is 2.92. The number of ether oxygens (including phenoxy) is 1. The van der Waals surface area contributed by atoms with E-state index in [4.69, 9.17) is 21.4 Å². The van der Waals surface area contributed by atoms with Gasteiger partial charge in [0.25, 0.3) is 5.91 Å². The second kappa shape index (κ2) is 9.04. The van der Waals surface area contributed by atoms with Gasteiger partial charge in [0.15, 0.2) is 0 Å². The van der Waals surface area contributed by atoms with Crippen molar-refractivity contribution in [2.45, 2.75) is 52.0 Å². The van der Waals surface area contributed by atoms with Gasteiger partial charge in [-0.15, -0.1) is 0 Å². The fourth-order valence-corrected chi connectivity index (χ4v) is 3.14. The van der Waals surface area contributed by atoms with Gasteiger partial charge in [0.05, 0.1) is 12.2 Å². The Morgan fingerprint density at radius 2 is 2.20 bits per heavy atom. The van der Waals surface area contributed by atoms with Gasteiger partial charge in [-0.3, -0.25) is 9.59 Å². The number of carboxylic acid groups (broad SMARTS) is 1. The standard InChI is InChI=1S/C18H25ClN2O4/c1-12(2)11-25-17-15(19)9-13(10-20-17)18(24)21-8-4-3-5-14(21)6-7-16(22)23/h9-10,12,14H,3-8,11H2,1-2H3,(H,22,23). The molecule has 0 saturated carbocycles. The summed E-state index contributed by atoms with van der Waals surface area (Å²) in [7, 11) is 0. The van der Waals surface area contributed by atoms with Gasteiger partial charge in [-0.2, -0.15) is 0 Å². The summed E-state index contributed by atoms with van der Waals surface area (Å²) in [5, 5.41) is 9.21. The highest BCUT2D eigenvalue weighted by Gasteiger charge is 2.28. The molecule has 25 heavy (non-hydrogen) atoms. The molecule has 1 atom stereocenters. The smallest absolute Gasteiger partial charge is 0.303 e. The molecule has 7 heteroatoms. The van der Waals surface area contributed by atoms with Crippen molar-refractivity contribution in [2.24, 2.45) is 5.92 Å². The Balaban J connectivity index is 2.09. The normalized spacial score (nSPS) is 17.6. The molecule has 6 nitrogen and oxygen atoms in total. The lowest BCUT2D eigenvalue weighted by Crippen LogP contribution is -2.44. The number of halogens is 1. The van der Waals surface area contributed by atoms with Crippen molar-refractivity contribution in [2.75, 3.05) is 13.2 Å². The number of carbonyl (C=O) groups excluding carboxylic acids is 1. The minimum Gasteiger partial charge on any atom is -0.481 e. The first-order valence-electron chi connectivity index (χ1n) is 8.69. The highest BCUT2D eigenvalue weighted by atomic mass is 35.5. The van der Waals surface area contributed by atoms with Gasteiger partial charge in [0.1, 0.15) is 5.02 Å². The predicted molar refractivity (Wildman–Crippen MR) is 95.1 cm³/mol. The van der Waals surface area contributed by atoms with Gasteiger partial charge in [0.2, 0.25) is 5.88 Å².